The highest BCUT2D eigenvalue weighted by molar-refractivity contribution is 8.00. The number of amides is 3. The maximum atomic E-state index is 12.9. The second-order valence-electron chi connectivity index (χ2n) is 7.36. The van der Waals surface area contributed by atoms with Gasteiger partial charge in [-0.2, -0.15) is 13.2 Å². The molecule has 1 aromatic heterocycles. The summed E-state index contributed by atoms with van der Waals surface area (Å²) in [6.07, 6.45) is 2.72. The predicted octanol–water partition coefficient (Wildman–Crippen LogP) is 4.46. The number of hydrogen-bond acceptors (Lipinski definition) is 6. The molecule has 0 aliphatic carbocycles. The number of thioether (sulfide) groups is 1. The fraction of sp³-hybridized carbons (Fsp3) is 0.136. The van der Waals surface area contributed by atoms with Gasteiger partial charge in [0.2, 0.25) is 0 Å². The van der Waals surface area contributed by atoms with Crippen LogP contribution >= 0.6 is 11.8 Å². The molecule has 0 saturated carbocycles. The van der Waals surface area contributed by atoms with Crippen molar-refractivity contribution in [2.45, 2.75) is 21.8 Å². The fourth-order valence-corrected chi connectivity index (χ4v) is 5.03. The van der Waals surface area contributed by atoms with Crippen molar-refractivity contribution in [2.24, 2.45) is 0 Å². The van der Waals surface area contributed by atoms with E-state index in [0.717, 1.165) is 4.90 Å². The summed E-state index contributed by atoms with van der Waals surface area (Å²) in [4.78, 5) is 31.5. The smallest absolute Gasteiger partial charge is 0.310 e. The van der Waals surface area contributed by atoms with E-state index < -0.39 is 27.5 Å². The lowest BCUT2D eigenvalue weighted by molar-refractivity contribution is -0.116. The van der Waals surface area contributed by atoms with E-state index in [2.05, 4.69) is 9.71 Å². The number of imide groups is 1. The van der Waals surface area contributed by atoms with Crippen LogP contribution in [-0.2, 0) is 21.4 Å². The quantitative estimate of drug-likeness (QED) is 0.363. The normalized spacial score (nSPS) is 14.5. The SMILES string of the molecule is O=C1CN(Cc2ccncc2NS(=O)(=O)c2ccccc2)C(=O)N1c1ccc(SC(F)(F)F)cc1. The maximum absolute atomic E-state index is 12.9. The van der Waals surface area contributed by atoms with Crippen molar-refractivity contribution < 1.29 is 31.2 Å². The van der Waals surface area contributed by atoms with Crippen LogP contribution in [0.3, 0.4) is 0 Å². The summed E-state index contributed by atoms with van der Waals surface area (Å²) in [5, 5.41) is 0. The topological polar surface area (TPSA) is 99.7 Å². The minimum Gasteiger partial charge on any atom is -0.310 e. The molecule has 1 aliphatic rings. The van der Waals surface area contributed by atoms with Crippen LogP contribution < -0.4 is 9.62 Å². The first kappa shape index (κ1) is 24.5. The van der Waals surface area contributed by atoms with Crippen LogP contribution in [0.25, 0.3) is 0 Å². The largest absolute Gasteiger partial charge is 0.446 e. The van der Waals surface area contributed by atoms with Crippen LogP contribution in [-0.4, -0.2) is 42.3 Å². The number of urea groups is 1. The van der Waals surface area contributed by atoms with Crippen molar-refractivity contribution in [3.8, 4) is 0 Å². The minimum atomic E-state index is -4.46. The van der Waals surface area contributed by atoms with E-state index in [1.165, 1.54) is 59.8 Å². The number of carbonyl (C=O) groups excluding carboxylic acids is 2. The van der Waals surface area contributed by atoms with Gasteiger partial charge in [-0.15, -0.1) is 0 Å². The molecule has 0 radical (unpaired) electrons. The molecule has 8 nitrogen and oxygen atoms in total. The average molecular weight is 523 g/mol. The first-order valence-corrected chi connectivity index (χ1v) is 12.3. The Kier molecular flexibility index (Phi) is 6.72. The number of rotatable bonds is 7. The molecule has 2 heterocycles. The Labute approximate surface area is 202 Å². The number of nitrogens with zero attached hydrogens (tertiary/aromatic N) is 3. The van der Waals surface area contributed by atoms with Crippen LogP contribution in [0.15, 0.2) is 82.8 Å². The van der Waals surface area contributed by atoms with Gasteiger partial charge in [-0.05, 0) is 59.8 Å². The summed E-state index contributed by atoms with van der Waals surface area (Å²) >= 11 is -0.300. The first-order chi connectivity index (χ1) is 16.5. The van der Waals surface area contributed by atoms with Gasteiger partial charge in [0, 0.05) is 11.1 Å². The fourth-order valence-electron chi connectivity index (χ4n) is 3.39. The van der Waals surface area contributed by atoms with E-state index in [0.29, 0.717) is 5.56 Å². The van der Waals surface area contributed by atoms with Crippen molar-refractivity contribution in [2.75, 3.05) is 16.2 Å². The van der Waals surface area contributed by atoms with Crippen LogP contribution in [0.1, 0.15) is 5.56 Å². The highest BCUT2D eigenvalue weighted by Gasteiger charge is 2.37. The molecule has 0 atom stereocenters. The molecule has 2 aromatic carbocycles. The number of nitrogens with one attached hydrogen (secondary N) is 1. The number of sulfonamides is 1. The second-order valence-corrected chi connectivity index (χ2v) is 10.2. The van der Waals surface area contributed by atoms with Gasteiger partial charge >= 0.3 is 11.5 Å². The highest BCUT2D eigenvalue weighted by atomic mass is 32.2. The molecular weight excluding hydrogens is 505 g/mol. The van der Waals surface area contributed by atoms with Crippen LogP contribution in [0.5, 0.6) is 0 Å². The molecule has 4 rings (SSSR count). The van der Waals surface area contributed by atoms with E-state index >= 15 is 0 Å². The molecule has 35 heavy (non-hydrogen) atoms. The van der Waals surface area contributed by atoms with E-state index in [-0.39, 0.29) is 46.0 Å². The van der Waals surface area contributed by atoms with Gasteiger partial charge in [-0.3, -0.25) is 14.5 Å². The number of pyridine rings is 1. The van der Waals surface area contributed by atoms with Crippen molar-refractivity contribution in [1.29, 1.82) is 0 Å². The van der Waals surface area contributed by atoms with E-state index in [1.54, 1.807) is 18.2 Å². The van der Waals surface area contributed by atoms with Gasteiger partial charge in [0.15, 0.2) is 0 Å². The van der Waals surface area contributed by atoms with E-state index in [1.807, 2.05) is 0 Å². The molecule has 0 bridgehead atoms. The minimum absolute atomic E-state index is 0.0422. The molecule has 1 aliphatic heterocycles. The standard InChI is InChI=1S/C22H17F3N4O4S2/c23-22(24,25)34-17-8-6-16(7-9-17)29-20(30)14-28(21(29)31)13-15-10-11-26-12-19(15)27-35(32,33)18-4-2-1-3-5-18/h1-12,27H,13-14H2. The molecule has 0 spiro atoms. The average Bonchev–Trinajstić information content (AvgIpc) is 3.08. The maximum Gasteiger partial charge on any atom is 0.446 e. The summed E-state index contributed by atoms with van der Waals surface area (Å²) in [5.41, 5.74) is -3.78. The van der Waals surface area contributed by atoms with Gasteiger partial charge in [0.25, 0.3) is 15.9 Å². The lowest BCUT2D eigenvalue weighted by Gasteiger charge is -2.19. The number of hydrogen-bond donors (Lipinski definition) is 1. The molecule has 0 unspecified atom stereocenters. The number of anilines is 2. The predicted molar refractivity (Wildman–Crippen MR) is 123 cm³/mol. The molecular formula is C22H17F3N4O4S2. The summed E-state index contributed by atoms with van der Waals surface area (Å²) < 4.78 is 65.5. The van der Waals surface area contributed by atoms with Crippen molar-refractivity contribution >= 4 is 45.1 Å². The van der Waals surface area contributed by atoms with Gasteiger partial charge in [0.1, 0.15) is 6.54 Å². The molecule has 3 amide bonds. The summed E-state index contributed by atoms with van der Waals surface area (Å²) in [5.74, 6) is -0.563. The van der Waals surface area contributed by atoms with Crippen LogP contribution in [0.2, 0.25) is 0 Å². The number of benzene rings is 2. The molecule has 3 aromatic rings. The monoisotopic (exact) mass is 522 g/mol. The van der Waals surface area contributed by atoms with Gasteiger partial charge in [0.05, 0.1) is 29.0 Å². The lowest BCUT2D eigenvalue weighted by Crippen LogP contribution is -2.33. The van der Waals surface area contributed by atoms with Crippen LogP contribution in [0, 0.1) is 0 Å². The Morgan fingerprint density at radius 3 is 2.34 bits per heavy atom. The number of alkyl halides is 3. The van der Waals surface area contributed by atoms with Crippen molar-refractivity contribution in [3.05, 3.63) is 78.6 Å². The van der Waals surface area contributed by atoms with Crippen LogP contribution in [0.4, 0.5) is 29.3 Å². The number of carbonyl (C=O) groups is 2. The highest BCUT2D eigenvalue weighted by Crippen LogP contribution is 2.37. The van der Waals surface area contributed by atoms with E-state index in [4.69, 9.17) is 0 Å². The third kappa shape index (κ3) is 5.74. The first-order valence-electron chi connectivity index (χ1n) is 10.0. The molecule has 1 N–H and O–H groups in total. The van der Waals surface area contributed by atoms with E-state index in [9.17, 15) is 31.2 Å². The zero-order valence-corrected chi connectivity index (χ0v) is 19.4. The Morgan fingerprint density at radius 2 is 1.69 bits per heavy atom. The van der Waals surface area contributed by atoms with Gasteiger partial charge in [-0.25, -0.2) is 18.1 Å². The molecule has 1 saturated heterocycles. The van der Waals surface area contributed by atoms with Crippen molar-refractivity contribution in [3.63, 3.8) is 0 Å². The third-order valence-corrected chi connectivity index (χ3v) is 7.06. The Balaban J connectivity index is 1.51. The zero-order chi connectivity index (χ0) is 25.2. The number of halogens is 3. The summed E-state index contributed by atoms with van der Waals surface area (Å²) in [7, 11) is -3.92. The molecule has 182 valence electrons. The molecule has 1 fully saturated rings. The van der Waals surface area contributed by atoms with Crippen molar-refractivity contribution in [1.82, 2.24) is 9.88 Å². The molecule has 13 heteroatoms. The van der Waals surface area contributed by atoms with Gasteiger partial charge in [-0.1, -0.05) is 18.2 Å². The second kappa shape index (κ2) is 9.58. The Morgan fingerprint density at radius 1 is 1.00 bits per heavy atom. The summed E-state index contributed by atoms with van der Waals surface area (Å²) in [6.45, 7) is -0.386. The number of aromatic nitrogens is 1. The Hall–Kier alpha value is -3.58. The zero-order valence-electron chi connectivity index (χ0n) is 17.8. The third-order valence-electron chi connectivity index (χ3n) is 4.94. The summed E-state index contributed by atoms with van der Waals surface area (Å²) in [6, 6.07) is 13.4. The Bertz CT molecular complexity index is 1350. The lowest BCUT2D eigenvalue weighted by atomic mass is 10.2. The van der Waals surface area contributed by atoms with Gasteiger partial charge < -0.3 is 4.90 Å².